The van der Waals surface area contributed by atoms with Crippen LogP contribution < -0.4 is 0 Å². The van der Waals surface area contributed by atoms with E-state index in [1.807, 2.05) is 4.90 Å². The zero-order chi connectivity index (χ0) is 14.7. The summed E-state index contributed by atoms with van der Waals surface area (Å²) < 4.78 is 0. The van der Waals surface area contributed by atoms with E-state index in [1.165, 1.54) is 0 Å². The molecule has 0 saturated carbocycles. The smallest absolute Gasteiger partial charge is 0.304 e. The molecule has 0 aromatic heterocycles. The van der Waals surface area contributed by atoms with E-state index in [1.54, 1.807) is 12.2 Å². The highest BCUT2D eigenvalue weighted by molar-refractivity contribution is 5.85. The Morgan fingerprint density at radius 3 is 2.80 bits per heavy atom. The molecular formula is C13H15N3O4. The van der Waals surface area contributed by atoms with E-state index >= 15 is 0 Å². The quantitative estimate of drug-likeness (QED) is 0.596. The van der Waals surface area contributed by atoms with Crippen molar-refractivity contribution < 1.29 is 14.7 Å². The van der Waals surface area contributed by atoms with Crippen LogP contribution in [0.1, 0.15) is 12.8 Å². The Balaban J connectivity index is 2.25. The molecule has 7 nitrogen and oxygen atoms in total. The van der Waals surface area contributed by atoms with Gasteiger partial charge in [-0.15, -0.1) is 4.91 Å². The molecule has 7 heteroatoms. The van der Waals surface area contributed by atoms with Crippen molar-refractivity contribution >= 4 is 18.5 Å². The number of nitroso groups, excluding NO2 is 1. The highest BCUT2D eigenvalue weighted by Gasteiger charge is 2.37. The van der Waals surface area contributed by atoms with Gasteiger partial charge in [0.1, 0.15) is 11.5 Å². The number of carbonyl (C=O) groups is 2. The Morgan fingerprint density at radius 1 is 1.45 bits per heavy atom. The summed E-state index contributed by atoms with van der Waals surface area (Å²) in [6.07, 6.45) is 3.54. The third-order valence-corrected chi connectivity index (χ3v) is 3.62. The number of Topliss-reactive ketones (excluding diaryl/α,β-unsaturated/α-hetero) is 1. The number of hydrogen-bond donors (Lipinski definition) is 1. The molecule has 106 valence electrons. The molecular weight excluding hydrogens is 262 g/mol. The Morgan fingerprint density at radius 2 is 2.20 bits per heavy atom. The van der Waals surface area contributed by atoms with E-state index in [-0.39, 0.29) is 23.9 Å². The first-order chi connectivity index (χ1) is 9.56. The number of likely N-dealkylation sites (tertiary alicyclic amines) is 1. The number of ketones is 1. The first-order valence-electron chi connectivity index (χ1n) is 6.29. The van der Waals surface area contributed by atoms with E-state index < -0.39 is 11.9 Å². The Bertz CT molecular complexity index is 524. The molecule has 0 aromatic carbocycles. The summed E-state index contributed by atoms with van der Waals surface area (Å²) in [7, 11) is 0. The third-order valence-electron chi connectivity index (χ3n) is 3.62. The van der Waals surface area contributed by atoms with Crippen LogP contribution in [0.25, 0.3) is 0 Å². The molecule has 2 unspecified atom stereocenters. The van der Waals surface area contributed by atoms with Crippen LogP contribution in [0.5, 0.6) is 0 Å². The SMILES string of the molecule is C=NC1=CC2C(=O)CCN(CCC(=O)O)C2C=C1N=O. The van der Waals surface area contributed by atoms with Crippen molar-refractivity contribution in [3.63, 3.8) is 0 Å². The van der Waals surface area contributed by atoms with Crippen molar-refractivity contribution in [3.05, 3.63) is 28.5 Å². The predicted octanol–water partition coefficient (Wildman–Crippen LogP) is 0.969. The van der Waals surface area contributed by atoms with Crippen LogP contribution in [0.3, 0.4) is 0 Å². The number of carbonyl (C=O) groups excluding carboxylic acids is 1. The Labute approximate surface area is 115 Å². The van der Waals surface area contributed by atoms with Crippen LogP contribution in [-0.4, -0.2) is 47.6 Å². The summed E-state index contributed by atoms with van der Waals surface area (Å²) in [6, 6.07) is -0.325. The van der Waals surface area contributed by atoms with Gasteiger partial charge in [-0.2, -0.15) is 0 Å². The molecule has 2 aliphatic rings. The number of aliphatic imine (C=N–C) groups is 1. The van der Waals surface area contributed by atoms with Crippen LogP contribution in [0.4, 0.5) is 0 Å². The van der Waals surface area contributed by atoms with Gasteiger partial charge in [-0.1, -0.05) is 0 Å². The summed E-state index contributed by atoms with van der Waals surface area (Å²) in [5.74, 6) is -1.25. The van der Waals surface area contributed by atoms with Crippen LogP contribution in [0.15, 0.2) is 33.7 Å². The number of piperidine rings is 1. The van der Waals surface area contributed by atoms with E-state index in [0.29, 0.717) is 25.2 Å². The van der Waals surface area contributed by atoms with Crippen molar-refractivity contribution in [1.82, 2.24) is 4.90 Å². The van der Waals surface area contributed by atoms with Gasteiger partial charge in [0.15, 0.2) is 0 Å². The van der Waals surface area contributed by atoms with Gasteiger partial charge in [-0.25, -0.2) is 0 Å². The highest BCUT2D eigenvalue weighted by atomic mass is 16.4. The van der Waals surface area contributed by atoms with Crippen molar-refractivity contribution in [2.24, 2.45) is 16.1 Å². The largest absolute Gasteiger partial charge is 0.481 e. The van der Waals surface area contributed by atoms with Crippen molar-refractivity contribution in [2.45, 2.75) is 18.9 Å². The van der Waals surface area contributed by atoms with Gasteiger partial charge in [-0.05, 0) is 24.0 Å². The zero-order valence-corrected chi connectivity index (χ0v) is 10.9. The lowest BCUT2D eigenvalue weighted by molar-refractivity contribution is -0.137. The number of rotatable bonds is 5. The molecule has 0 bridgehead atoms. The number of carboxylic acid groups (broad SMARTS) is 1. The molecule has 1 aliphatic heterocycles. The zero-order valence-electron chi connectivity index (χ0n) is 10.9. The minimum atomic E-state index is -0.893. The lowest BCUT2D eigenvalue weighted by Gasteiger charge is -2.39. The molecule has 0 aromatic rings. The van der Waals surface area contributed by atoms with Gasteiger partial charge in [0.05, 0.1) is 18.0 Å². The maximum Gasteiger partial charge on any atom is 0.304 e. The molecule has 2 rings (SSSR count). The molecule has 1 fully saturated rings. The molecule has 1 N–H and O–H groups in total. The second-order valence-corrected chi connectivity index (χ2v) is 4.77. The topological polar surface area (TPSA) is 99.4 Å². The third kappa shape index (κ3) is 2.72. The summed E-state index contributed by atoms with van der Waals surface area (Å²) in [5, 5.41) is 11.7. The van der Waals surface area contributed by atoms with E-state index in [2.05, 4.69) is 16.9 Å². The molecule has 1 heterocycles. The van der Waals surface area contributed by atoms with Crippen molar-refractivity contribution in [1.29, 1.82) is 0 Å². The molecule has 20 heavy (non-hydrogen) atoms. The van der Waals surface area contributed by atoms with Gasteiger partial charge in [0.25, 0.3) is 0 Å². The second kappa shape index (κ2) is 5.87. The number of carboxylic acids is 1. The monoisotopic (exact) mass is 277 g/mol. The van der Waals surface area contributed by atoms with E-state index in [4.69, 9.17) is 5.11 Å². The average Bonchev–Trinajstić information content (AvgIpc) is 2.45. The molecule has 1 aliphatic carbocycles. The minimum Gasteiger partial charge on any atom is -0.481 e. The second-order valence-electron chi connectivity index (χ2n) is 4.77. The number of fused-ring (bicyclic) bond motifs is 1. The number of hydrogen-bond acceptors (Lipinski definition) is 6. The van der Waals surface area contributed by atoms with Gasteiger partial charge < -0.3 is 5.11 Å². The normalized spacial score (nSPS) is 26.3. The molecule has 2 atom stereocenters. The Kier molecular flexibility index (Phi) is 4.19. The standard InChI is InChI=1S/C13H15N3O4/c1-14-9-6-8-11(7-10(9)15-20)16(4-2-12(8)17)5-3-13(18)19/h6-8,11H,1-5H2,(H,18,19). The molecule has 1 saturated heterocycles. The van der Waals surface area contributed by atoms with E-state index in [0.717, 1.165) is 0 Å². The summed E-state index contributed by atoms with van der Waals surface area (Å²) in [6.45, 7) is 4.18. The maximum absolute atomic E-state index is 12.0. The molecule has 0 spiro atoms. The minimum absolute atomic E-state index is 0.00855. The molecule has 0 radical (unpaired) electrons. The number of aliphatic carboxylic acids is 1. The summed E-state index contributed by atoms with van der Waals surface area (Å²) >= 11 is 0. The average molecular weight is 277 g/mol. The fourth-order valence-electron chi connectivity index (χ4n) is 2.60. The fraction of sp³-hybridized carbons (Fsp3) is 0.462. The van der Waals surface area contributed by atoms with Crippen molar-refractivity contribution in [3.8, 4) is 0 Å². The van der Waals surface area contributed by atoms with Gasteiger partial charge in [0.2, 0.25) is 0 Å². The van der Waals surface area contributed by atoms with Gasteiger partial charge >= 0.3 is 5.97 Å². The lowest BCUT2D eigenvalue weighted by atomic mass is 9.83. The molecule has 0 amide bonds. The van der Waals surface area contributed by atoms with Crippen LogP contribution in [0.2, 0.25) is 0 Å². The first-order valence-corrected chi connectivity index (χ1v) is 6.29. The van der Waals surface area contributed by atoms with Gasteiger partial charge in [-0.3, -0.25) is 19.5 Å². The first kappa shape index (κ1) is 14.3. The van der Waals surface area contributed by atoms with Crippen LogP contribution in [-0.2, 0) is 9.59 Å². The fourth-order valence-corrected chi connectivity index (χ4v) is 2.60. The summed E-state index contributed by atoms with van der Waals surface area (Å²) in [4.78, 5) is 39.1. The lowest BCUT2D eigenvalue weighted by Crippen LogP contribution is -2.49. The number of nitrogens with zero attached hydrogens (tertiary/aromatic N) is 3. The predicted molar refractivity (Wildman–Crippen MR) is 72.2 cm³/mol. The van der Waals surface area contributed by atoms with Crippen molar-refractivity contribution in [2.75, 3.05) is 13.1 Å². The maximum atomic E-state index is 12.0. The van der Waals surface area contributed by atoms with E-state index in [9.17, 15) is 14.5 Å². The van der Waals surface area contributed by atoms with Crippen LogP contribution in [0, 0.1) is 10.8 Å². The van der Waals surface area contributed by atoms with Crippen LogP contribution >= 0.6 is 0 Å². The summed E-state index contributed by atoms with van der Waals surface area (Å²) in [5.41, 5.74) is 0.464. The highest BCUT2D eigenvalue weighted by Crippen LogP contribution is 2.32. The Hall–Kier alpha value is -2.15. The van der Waals surface area contributed by atoms with Gasteiger partial charge in [0, 0.05) is 25.6 Å².